The molecule has 1 heterocycles. The Bertz CT molecular complexity index is 918. The molecule has 4 atom stereocenters. The predicted molar refractivity (Wildman–Crippen MR) is 142 cm³/mol. The number of hydrogen-bond donors (Lipinski definition) is 0. The van der Waals surface area contributed by atoms with Crippen molar-refractivity contribution in [3.63, 3.8) is 0 Å². The van der Waals surface area contributed by atoms with Crippen LogP contribution in [0.25, 0.3) is 0 Å². The van der Waals surface area contributed by atoms with Crippen molar-refractivity contribution in [1.29, 1.82) is 0 Å². The third-order valence-electron chi connectivity index (χ3n) is 10.3. The molecule has 4 aliphatic carbocycles. The SMILES string of the molecule is C/C(=C1/C(=O)C[C@@H]2[C@H]1C2(C)C)N1CCOCCOCCN(/C(C)=C2\C(=O)C[C@@H]3[C@H]2C3(C)C)CCOCC1. The Hall–Kier alpha value is -1.70. The van der Waals surface area contributed by atoms with Crippen molar-refractivity contribution in [1.82, 2.24) is 9.80 Å². The maximum absolute atomic E-state index is 12.8. The molecule has 0 amide bonds. The van der Waals surface area contributed by atoms with Gasteiger partial charge in [0.25, 0.3) is 0 Å². The molecule has 5 aliphatic rings. The van der Waals surface area contributed by atoms with E-state index in [1.807, 2.05) is 0 Å². The highest BCUT2D eigenvalue weighted by Crippen LogP contribution is 2.69. The third-order valence-corrected chi connectivity index (χ3v) is 10.3. The molecule has 7 nitrogen and oxygen atoms in total. The molecule has 37 heavy (non-hydrogen) atoms. The smallest absolute Gasteiger partial charge is 0.161 e. The van der Waals surface area contributed by atoms with Gasteiger partial charge in [0, 0.05) is 61.6 Å². The zero-order chi connectivity index (χ0) is 26.5. The topological polar surface area (TPSA) is 68.3 Å². The van der Waals surface area contributed by atoms with E-state index in [-0.39, 0.29) is 10.8 Å². The summed E-state index contributed by atoms with van der Waals surface area (Å²) in [6.07, 6.45) is 1.38. The van der Waals surface area contributed by atoms with Crippen LogP contribution in [-0.2, 0) is 23.8 Å². The van der Waals surface area contributed by atoms with E-state index in [1.54, 1.807) is 0 Å². The highest BCUT2D eigenvalue weighted by Gasteiger charge is 2.66. The lowest BCUT2D eigenvalue weighted by molar-refractivity contribution is -0.116. The Morgan fingerprint density at radius 3 is 1.27 bits per heavy atom. The fourth-order valence-corrected chi connectivity index (χ4v) is 7.57. The average molecular weight is 515 g/mol. The molecule has 0 aromatic heterocycles. The number of hydrogen-bond acceptors (Lipinski definition) is 7. The number of fused-ring (bicyclic) bond motifs is 2. The van der Waals surface area contributed by atoms with Crippen LogP contribution in [0.3, 0.4) is 0 Å². The molecule has 5 rings (SSSR count). The molecule has 4 saturated carbocycles. The van der Waals surface area contributed by atoms with Crippen LogP contribution in [0.5, 0.6) is 0 Å². The molecule has 1 saturated heterocycles. The van der Waals surface area contributed by atoms with E-state index >= 15 is 0 Å². The maximum atomic E-state index is 12.8. The van der Waals surface area contributed by atoms with Gasteiger partial charge in [0.05, 0.1) is 39.6 Å². The van der Waals surface area contributed by atoms with Crippen LogP contribution in [0.4, 0.5) is 0 Å². The van der Waals surface area contributed by atoms with Gasteiger partial charge in [0.2, 0.25) is 0 Å². The number of carbonyl (C=O) groups excluding carboxylic acids is 2. The van der Waals surface area contributed by atoms with Crippen molar-refractivity contribution in [2.75, 3.05) is 65.8 Å². The van der Waals surface area contributed by atoms with E-state index in [0.717, 1.165) is 48.7 Å². The normalized spacial score (nSPS) is 36.9. The number of nitrogens with zero attached hydrogens (tertiary/aromatic N) is 2. The number of allylic oxidation sites excluding steroid dienone is 4. The summed E-state index contributed by atoms with van der Waals surface area (Å²) in [4.78, 5) is 30.1. The Morgan fingerprint density at radius 2 is 0.946 bits per heavy atom. The van der Waals surface area contributed by atoms with Crippen molar-refractivity contribution in [2.45, 2.75) is 54.4 Å². The van der Waals surface area contributed by atoms with Crippen LogP contribution in [0.2, 0.25) is 0 Å². The van der Waals surface area contributed by atoms with E-state index in [1.165, 1.54) is 0 Å². The minimum Gasteiger partial charge on any atom is -0.378 e. The Morgan fingerprint density at radius 1 is 0.622 bits per heavy atom. The number of ketones is 2. The zero-order valence-corrected chi connectivity index (χ0v) is 23.7. The van der Waals surface area contributed by atoms with Crippen LogP contribution in [0, 0.1) is 34.5 Å². The summed E-state index contributed by atoms with van der Waals surface area (Å²) in [6, 6.07) is 0. The number of carbonyl (C=O) groups is 2. The first kappa shape index (κ1) is 26.9. The number of ether oxygens (including phenoxy) is 3. The van der Waals surface area contributed by atoms with Gasteiger partial charge in [-0.15, -0.1) is 0 Å². The molecule has 0 unspecified atom stereocenters. The average Bonchev–Trinajstić information content (AvgIpc) is 3.34. The fraction of sp³-hybridized carbons (Fsp3) is 0.800. The maximum Gasteiger partial charge on any atom is 0.161 e. The summed E-state index contributed by atoms with van der Waals surface area (Å²) >= 11 is 0. The van der Waals surface area contributed by atoms with Crippen LogP contribution in [-0.4, -0.2) is 87.2 Å². The molecule has 0 bridgehead atoms. The van der Waals surface area contributed by atoms with Crippen LogP contribution in [0.15, 0.2) is 22.5 Å². The van der Waals surface area contributed by atoms with Crippen molar-refractivity contribution >= 4 is 11.6 Å². The first-order valence-corrected chi connectivity index (χ1v) is 14.3. The van der Waals surface area contributed by atoms with Crippen molar-refractivity contribution in [2.24, 2.45) is 34.5 Å². The van der Waals surface area contributed by atoms with Crippen molar-refractivity contribution in [3.8, 4) is 0 Å². The summed E-state index contributed by atoms with van der Waals surface area (Å²) in [5, 5.41) is 0. The Kier molecular flexibility index (Phi) is 7.36. The molecule has 206 valence electrons. The fourth-order valence-electron chi connectivity index (χ4n) is 7.57. The van der Waals surface area contributed by atoms with E-state index in [4.69, 9.17) is 14.2 Å². The lowest BCUT2D eigenvalue weighted by Gasteiger charge is -2.29. The first-order chi connectivity index (χ1) is 17.6. The standard InChI is InChI=1S/C30H46N2O5/c1-19(25-23(33)17-21-27(25)29(21,3)4)31-7-11-35-12-8-32(10-14-37-16-15-36-13-9-31)20(2)26-24(34)18-22-28(26)30(22,5)6/h21-22,27-28H,7-18H2,1-6H3/b25-19+,26-20+/t21-,22-,27-,28-/m1/s1. The monoisotopic (exact) mass is 514 g/mol. The van der Waals surface area contributed by atoms with Crippen LogP contribution in [0.1, 0.15) is 54.4 Å². The minimum atomic E-state index is 0.238. The van der Waals surface area contributed by atoms with E-state index in [9.17, 15) is 9.59 Å². The van der Waals surface area contributed by atoms with Crippen LogP contribution < -0.4 is 0 Å². The van der Waals surface area contributed by atoms with Crippen LogP contribution >= 0.6 is 0 Å². The second kappa shape index (κ2) is 10.1. The molecule has 5 fully saturated rings. The molecular formula is C30H46N2O5. The molecule has 0 aromatic rings. The predicted octanol–water partition coefficient (Wildman–Crippen LogP) is 3.69. The van der Waals surface area contributed by atoms with Gasteiger partial charge in [-0.1, -0.05) is 27.7 Å². The largest absolute Gasteiger partial charge is 0.378 e. The molecule has 1 aliphatic heterocycles. The number of rotatable bonds is 2. The molecule has 0 aromatic carbocycles. The lowest BCUT2D eigenvalue weighted by Crippen LogP contribution is -2.33. The van der Waals surface area contributed by atoms with E-state index in [0.29, 0.717) is 87.7 Å². The lowest BCUT2D eigenvalue weighted by atomic mass is 9.95. The molecule has 7 heteroatoms. The quantitative estimate of drug-likeness (QED) is 0.521. The Labute approximate surface area is 222 Å². The van der Waals surface area contributed by atoms with E-state index in [2.05, 4.69) is 51.3 Å². The highest BCUT2D eigenvalue weighted by atomic mass is 16.5. The summed E-state index contributed by atoms with van der Waals surface area (Å²) in [5.74, 6) is 2.44. The third kappa shape index (κ3) is 4.92. The zero-order valence-electron chi connectivity index (χ0n) is 23.7. The van der Waals surface area contributed by atoms with Gasteiger partial charge in [0.15, 0.2) is 11.6 Å². The summed E-state index contributed by atoms with van der Waals surface area (Å²) in [7, 11) is 0. The second-order valence-electron chi connectivity index (χ2n) is 12.9. The van der Waals surface area contributed by atoms with Gasteiger partial charge < -0.3 is 24.0 Å². The number of Topliss-reactive ketones (excluding diaryl/α,β-unsaturated/α-hetero) is 2. The van der Waals surface area contributed by atoms with Crippen molar-refractivity contribution in [3.05, 3.63) is 22.5 Å². The van der Waals surface area contributed by atoms with E-state index < -0.39 is 0 Å². The van der Waals surface area contributed by atoms with Gasteiger partial charge in [-0.25, -0.2) is 0 Å². The van der Waals surface area contributed by atoms with Gasteiger partial charge in [-0.05, 0) is 48.3 Å². The summed E-state index contributed by atoms with van der Waals surface area (Å²) < 4.78 is 17.9. The second-order valence-corrected chi connectivity index (χ2v) is 12.9. The molecule has 0 spiro atoms. The van der Waals surface area contributed by atoms with Gasteiger partial charge in [-0.3, -0.25) is 9.59 Å². The first-order valence-electron chi connectivity index (χ1n) is 14.3. The van der Waals surface area contributed by atoms with Crippen molar-refractivity contribution < 1.29 is 23.8 Å². The van der Waals surface area contributed by atoms with Gasteiger partial charge in [-0.2, -0.15) is 0 Å². The Balaban J connectivity index is 1.25. The summed E-state index contributed by atoms with van der Waals surface area (Å²) in [6.45, 7) is 19.7. The molecule has 0 radical (unpaired) electrons. The summed E-state index contributed by atoms with van der Waals surface area (Å²) in [5.41, 5.74) is 4.74. The van der Waals surface area contributed by atoms with Gasteiger partial charge >= 0.3 is 0 Å². The van der Waals surface area contributed by atoms with Gasteiger partial charge in [0.1, 0.15) is 0 Å². The minimum absolute atomic E-state index is 0.238. The molecule has 0 N–H and O–H groups in total. The highest BCUT2D eigenvalue weighted by molar-refractivity contribution is 6.01. The molecular weight excluding hydrogens is 468 g/mol.